The molecule has 1 aliphatic rings. The van der Waals surface area contributed by atoms with Gasteiger partial charge in [0.2, 0.25) is 0 Å². The molecule has 0 saturated carbocycles. The first-order chi connectivity index (χ1) is 17.6. The average molecular weight is 465 g/mol. The lowest BCUT2D eigenvalue weighted by atomic mass is 9.76. The molecule has 1 atom stereocenters. The zero-order chi connectivity index (χ0) is 24.3. The maximum Gasteiger partial charge on any atom is 0.0495 e. The first-order valence-corrected chi connectivity index (χ1v) is 12.6. The number of allylic oxidation sites excluding steroid dienone is 3. The summed E-state index contributed by atoms with van der Waals surface area (Å²) in [4.78, 5) is 0. The summed E-state index contributed by atoms with van der Waals surface area (Å²) in [6, 6.07) is 35.4. The summed E-state index contributed by atoms with van der Waals surface area (Å²) >= 11 is 0. The highest BCUT2D eigenvalue weighted by atomic mass is 14.9. The Morgan fingerprint density at radius 3 is 2.14 bits per heavy atom. The van der Waals surface area contributed by atoms with Crippen LogP contribution >= 0.6 is 0 Å². The maximum absolute atomic E-state index is 3.61. The smallest absolute Gasteiger partial charge is 0.0495 e. The predicted octanol–water partition coefficient (Wildman–Crippen LogP) is 8.85. The van der Waals surface area contributed by atoms with Crippen molar-refractivity contribution >= 4 is 49.0 Å². The minimum atomic E-state index is -0.0399. The summed E-state index contributed by atoms with van der Waals surface area (Å²) < 4.78 is 2.32. The number of nitrogens with one attached hydrogen (secondary N) is 1. The van der Waals surface area contributed by atoms with Crippen LogP contribution in [0.3, 0.4) is 0 Å². The Morgan fingerprint density at radius 1 is 0.694 bits per heavy atom. The van der Waals surface area contributed by atoms with Gasteiger partial charge in [0.25, 0.3) is 0 Å². The predicted molar refractivity (Wildman–Crippen MR) is 155 cm³/mol. The van der Waals surface area contributed by atoms with Gasteiger partial charge >= 0.3 is 0 Å². The molecule has 174 valence electrons. The lowest BCUT2D eigenvalue weighted by molar-refractivity contribution is 0.597. The molecule has 1 aliphatic carbocycles. The second kappa shape index (κ2) is 7.86. The Bertz CT molecular complexity index is 1870. The van der Waals surface area contributed by atoms with Crippen LogP contribution in [0.25, 0.3) is 43.4 Å². The molecule has 0 spiro atoms. The fourth-order valence-corrected chi connectivity index (χ4v) is 5.72. The molecule has 2 nitrogen and oxygen atoms in total. The highest BCUT2D eigenvalue weighted by Crippen LogP contribution is 2.38. The second-order valence-corrected chi connectivity index (χ2v) is 10.3. The molecule has 6 aromatic rings. The van der Waals surface area contributed by atoms with Crippen LogP contribution in [0, 0.1) is 0 Å². The van der Waals surface area contributed by atoms with E-state index in [1.54, 1.807) is 0 Å². The van der Waals surface area contributed by atoms with Crippen LogP contribution in [-0.2, 0) is 12.5 Å². The highest BCUT2D eigenvalue weighted by molar-refractivity contribution is 6.12. The summed E-state index contributed by atoms with van der Waals surface area (Å²) in [6.07, 6.45) is 7.88. The molecular formula is C34H28N2. The van der Waals surface area contributed by atoms with Gasteiger partial charge in [0.1, 0.15) is 0 Å². The van der Waals surface area contributed by atoms with Gasteiger partial charge in [0, 0.05) is 45.7 Å². The minimum absolute atomic E-state index is 0.0399. The molecule has 0 amide bonds. The average Bonchev–Trinajstić information content (AvgIpc) is 3.19. The van der Waals surface area contributed by atoms with Crippen LogP contribution in [0.1, 0.15) is 18.9 Å². The second-order valence-electron chi connectivity index (χ2n) is 10.3. The van der Waals surface area contributed by atoms with Crippen molar-refractivity contribution in [3.05, 3.63) is 127 Å². The maximum atomic E-state index is 3.61. The topological polar surface area (TPSA) is 17.0 Å². The summed E-state index contributed by atoms with van der Waals surface area (Å²) in [5.41, 5.74) is 6.15. The SMILES string of the molecule is Cn1c2ccc(C3(C)C=CC(Nc4ccc5ccccc5c4)=CC3)cc2c2cc3ccccc3cc21. The van der Waals surface area contributed by atoms with Crippen molar-refractivity contribution in [2.75, 3.05) is 5.32 Å². The van der Waals surface area contributed by atoms with Gasteiger partial charge in [0.15, 0.2) is 0 Å². The quantitative estimate of drug-likeness (QED) is 0.277. The molecule has 2 heteroatoms. The fraction of sp³-hybridized carbons (Fsp3) is 0.118. The number of fused-ring (bicyclic) bond motifs is 5. The van der Waals surface area contributed by atoms with E-state index >= 15 is 0 Å². The van der Waals surface area contributed by atoms with Gasteiger partial charge in [-0.2, -0.15) is 0 Å². The van der Waals surface area contributed by atoms with Crippen LogP contribution in [0.5, 0.6) is 0 Å². The highest BCUT2D eigenvalue weighted by Gasteiger charge is 2.26. The van der Waals surface area contributed by atoms with E-state index in [0.717, 1.165) is 17.8 Å². The molecular weight excluding hydrogens is 436 g/mol. The van der Waals surface area contributed by atoms with Gasteiger partial charge in [0.05, 0.1) is 0 Å². The van der Waals surface area contributed by atoms with Gasteiger partial charge in [-0.25, -0.2) is 0 Å². The zero-order valence-corrected chi connectivity index (χ0v) is 20.6. The van der Waals surface area contributed by atoms with Gasteiger partial charge in [-0.3, -0.25) is 0 Å². The van der Waals surface area contributed by atoms with E-state index in [1.807, 2.05) is 0 Å². The number of benzene rings is 5. The monoisotopic (exact) mass is 464 g/mol. The van der Waals surface area contributed by atoms with E-state index < -0.39 is 0 Å². The van der Waals surface area contributed by atoms with Crippen LogP contribution in [0.2, 0.25) is 0 Å². The molecule has 5 aromatic carbocycles. The third-order valence-electron chi connectivity index (χ3n) is 7.95. The molecule has 0 radical (unpaired) electrons. The minimum Gasteiger partial charge on any atom is -0.356 e. The van der Waals surface area contributed by atoms with Crippen LogP contribution < -0.4 is 5.32 Å². The van der Waals surface area contributed by atoms with Crippen molar-refractivity contribution in [3.8, 4) is 0 Å². The van der Waals surface area contributed by atoms with Crippen molar-refractivity contribution in [1.82, 2.24) is 4.57 Å². The van der Waals surface area contributed by atoms with Crippen molar-refractivity contribution in [2.45, 2.75) is 18.8 Å². The molecule has 0 saturated heterocycles. The van der Waals surface area contributed by atoms with Crippen LogP contribution in [-0.4, -0.2) is 4.57 Å². The number of rotatable bonds is 3. The molecule has 0 bridgehead atoms. The fourth-order valence-electron chi connectivity index (χ4n) is 5.72. The Kier molecular flexibility index (Phi) is 4.59. The first-order valence-electron chi connectivity index (χ1n) is 12.6. The molecule has 1 aromatic heterocycles. The largest absolute Gasteiger partial charge is 0.356 e. The number of aromatic nitrogens is 1. The van der Waals surface area contributed by atoms with E-state index in [0.29, 0.717) is 0 Å². The van der Waals surface area contributed by atoms with Crippen molar-refractivity contribution in [3.63, 3.8) is 0 Å². The Hall–Kier alpha value is -4.30. The van der Waals surface area contributed by atoms with E-state index in [9.17, 15) is 0 Å². The normalized spacial score (nSPS) is 17.8. The standard InChI is InChI=1S/C34H28N2/c1-34(17-15-28(16-18-34)35-29-13-11-23-7-3-4-8-24(23)19-29)27-12-14-32-31(22-27)30-20-25-9-5-6-10-26(25)21-33(30)36(32)2/h3-17,19-22,35H,18H2,1-2H3. The summed E-state index contributed by atoms with van der Waals surface area (Å²) in [5.74, 6) is 0. The Morgan fingerprint density at radius 2 is 1.39 bits per heavy atom. The van der Waals surface area contributed by atoms with Crippen molar-refractivity contribution in [1.29, 1.82) is 0 Å². The van der Waals surface area contributed by atoms with E-state index in [1.165, 1.54) is 48.9 Å². The third-order valence-corrected chi connectivity index (χ3v) is 7.95. The first kappa shape index (κ1) is 21.0. The van der Waals surface area contributed by atoms with Gasteiger partial charge in [-0.1, -0.05) is 79.7 Å². The number of aryl methyl sites for hydroxylation is 1. The molecule has 7 rings (SSSR count). The van der Waals surface area contributed by atoms with Crippen molar-refractivity contribution in [2.24, 2.45) is 7.05 Å². The number of anilines is 1. The van der Waals surface area contributed by atoms with E-state index in [-0.39, 0.29) is 5.41 Å². The number of nitrogens with zero attached hydrogens (tertiary/aromatic N) is 1. The third kappa shape index (κ3) is 3.33. The Labute approximate surface area is 211 Å². The number of hydrogen-bond acceptors (Lipinski definition) is 1. The molecule has 0 fully saturated rings. The zero-order valence-electron chi connectivity index (χ0n) is 20.6. The van der Waals surface area contributed by atoms with Crippen molar-refractivity contribution < 1.29 is 0 Å². The van der Waals surface area contributed by atoms with Gasteiger partial charge < -0.3 is 9.88 Å². The summed E-state index contributed by atoms with van der Waals surface area (Å²) in [7, 11) is 2.18. The molecule has 36 heavy (non-hydrogen) atoms. The van der Waals surface area contributed by atoms with Gasteiger partial charge in [-0.15, -0.1) is 0 Å². The van der Waals surface area contributed by atoms with E-state index in [4.69, 9.17) is 0 Å². The van der Waals surface area contributed by atoms with E-state index in [2.05, 4.69) is 139 Å². The van der Waals surface area contributed by atoms with Gasteiger partial charge in [-0.05, 0) is 76.0 Å². The Balaban J connectivity index is 1.22. The molecule has 0 aliphatic heterocycles. The summed E-state index contributed by atoms with van der Waals surface area (Å²) in [5, 5.41) is 11.4. The lowest BCUT2D eigenvalue weighted by Gasteiger charge is -2.29. The summed E-state index contributed by atoms with van der Waals surface area (Å²) in [6.45, 7) is 2.34. The molecule has 1 N–H and O–H groups in total. The number of hydrogen-bond donors (Lipinski definition) is 1. The van der Waals surface area contributed by atoms with Crippen LogP contribution in [0.4, 0.5) is 5.69 Å². The lowest BCUT2D eigenvalue weighted by Crippen LogP contribution is -2.21. The molecule has 1 unspecified atom stereocenters. The molecule has 1 heterocycles. The van der Waals surface area contributed by atoms with Crippen LogP contribution in [0.15, 0.2) is 121 Å².